The maximum atomic E-state index is 12.8. The van der Waals surface area contributed by atoms with E-state index in [0.29, 0.717) is 42.7 Å². The molecule has 1 aromatic carbocycles. The van der Waals surface area contributed by atoms with Crippen molar-refractivity contribution >= 4 is 17.5 Å². The van der Waals surface area contributed by atoms with Gasteiger partial charge >= 0.3 is 0 Å². The van der Waals surface area contributed by atoms with E-state index in [0.717, 1.165) is 31.6 Å². The molecule has 2 aliphatic rings. The molecule has 2 unspecified atom stereocenters. The quantitative estimate of drug-likeness (QED) is 0.745. The molecule has 2 amide bonds. The van der Waals surface area contributed by atoms with Crippen LogP contribution in [0.5, 0.6) is 11.5 Å². The highest BCUT2D eigenvalue weighted by atomic mass is 16.5. The Morgan fingerprint density at radius 3 is 2.43 bits per heavy atom. The number of carbonyl (C=O) groups is 2. The first-order valence-electron chi connectivity index (χ1n) is 10.1. The summed E-state index contributed by atoms with van der Waals surface area (Å²) in [5.74, 6) is 2.05. The summed E-state index contributed by atoms with van der Waals surface area (Å²) in [5.41, 5.74) is 0.723. The fourth-order valence-corrected chi connectivity index (χ4v) is 4.14. The predicted octanol–water partition coefficient (Wildman–Crippen LogP) is 1.95. The molecule has 28 heavy (non-hydrogen) atoms. The molecule has 0 spiro atoms. The molecule has 2 saturated heterocycles. The van der Waals surface area contributed by atoms with Gasteiger partial charge in [-0.2, -0.15) is 0 Å². The van der Waals surface area contributed by atoms with Crippen molar-refractivity contribution in [2.75, 3.05) is 38.8 Å². The molecule has 2 aliphatic heterocycles. The van der Waals surface area contributed by atoms with Crippen molar-refractivity contribution in [2.24, 2.45) is 11.8 Å². The van der Waals surface area contributed by atoms with Crippen LogP contribution in [0, 0.1) is 11.8 Å². The molecule has 7 nitrogen and oxygen atoms in total. The maximum Gasteiger partial charge on any atom is 0.249 e. The molecule has 0 bridgehead atoms. The van der Waals surface area contributed by atoms with Crippen molar-refractivity contribution in [2.45, 2.75) is 38.6 Å². The van der Waals surface area contributed by atoms with E-state index in [4.69, 9.17) is 9.47 Å². The van der Waals surface area contributed by atoms with Crippen LogP contribution in [0.3, 0.4) is 0 Å². The first kappa shape index (κ1) is 20.5. The molecular formula is C21H31N3O4. The van der Waals surface area contributed by atoms with Crippen LogP contribution in [0.2, 0.25) is 0 Å². The highest BCUT2D eigenvalue weighted by molar-refractivity contribution is 6.01. The average Bonchev–Trinajstić information content (AvgIpc) is 3.08. The summed E-state index contributed by atoms with van der Waals surface area (Å²) in [5, 5.41) is 6.30. The van der Waals surface area contributed by atoms with Crippen molar-refractivity contribution in [3.63, 3.8) is 0 Å². The van der Waals surface area contributed by atoms with Gasteiger partial charge in [-0.25, -0.2) is 0 Å². The zero-order valence-electron chi connectivity index (χ0n) is 17.0. The van der Waals surface area contributed by atoms with Crippen LogP contribution in [0.25, 0.3) is 0 Å². The number of nitrogens with one attached hydrogen (secondary N) is 2. The summed E-state index contributed by atoms with van der Waals surface area (Å²) in [6, 6.07) is 4.92. The normalized spacial score (nSPS) is 21.5. The number of ether oxygens (including phenoxy) is 2. The SMILES string of the molecule is COc1cc(OC)cc(N2CCC(NC(=O)CC(C)C3CCNCC3)C2=O)c1. The largest absolute Gasteiger partial charge is 0.497 e. The lowest BCUT2D eigenvalue weighted by molar-refractivity contribution is -0.127. The number of benzene rings is 1. The van der Waals surface area contributed by atoms with Crippen LogP contribution >= 0.6 is 0 Å². The number of carbonyl (C=O) groups excluding carboxylic acids is 2. The topological polar surface area (TPSA) is 79.9 Å². The van der Waals surface area contributed by atoms with Gasteiger partial charge in [0.1, 0.15) is 17.5 Å². The molecule has 3 rings (SSSR count). The standard InChI is InChI=1S/C21H31N3O4/c1-14(15-4-7-22-8-5-15)10-20(25)23-19-6-9-24(21(19)26)16-11-17(27-2)13-18(12-16)28-3/h11-15,19,22H,4-10H2,1-3H3,(H,23,25). The summed E-state index contributed by atoms with van der Waals surface area (Å²) in [7, 11) is 3.16. The van der Waals surface area contributed by atoms with Crippen LogP contribution in [-0.4, -0.2) is 51.7 Å². The summed E-state index contributed by atoms with van der Waals surface area (Å²) < 4.78 is 10.6. The number of methoxy groups -OCH3 is 2. The Labute approximate surface area is 166 Å². The minimum absolute atomic E-state index is 0.0329. The van der Waals surface area contributed by atoms with Crippen molar-refractivity contribution in [1.82, 2.24) is 10.6 Å². The van der Waals surface area contributed by atoms with E-state index in [2.05, 4.69) is 17.6 Å². The van der Waals surface area contributed by atoms with Gasteiger partial charge in [-0.15, -0.1) is 0 Å². The summed E-state index contributed by atoms with van der Waals surface area (Å²) >= 11 is 0. The third-order valence-corrected chi connectivity index (χ3v) is 5.88. The lowest BCUT2D eigenvalue weighted by Gasteiger charge is -2.28. The average molecular weight is 389 g/mol. The monoisotopic (exact) mass is 389 g/mol. The summed E-state index contributed by atoms with van der Waals surface area (Å²) in [4.78, 5) is 27.0. The van der Waals surface area contributed by atoms with Gasteiger partial charge < -0.3 is 25.0 Å². The first-order valence-corrected chi connectivity index (χ1v) is 10.1. The molecule has 2 fully saturated rings. The van der Waals surface area contributed by atoms with E-state index >= 15 is 0 Å². The molecular weight excluding hydrogens is 358 g/mol. The third-order valence-electron chi connectivity index (χ3n) is 5.88. The molecule has 0 radical (unpaired) electrons. The minimum Gasteiger partial charge on any atom is -0.497 e. The Hall–Kier alpha value is -2.28. The molecule has 2 atom stereocenters. The number of amides is 2. The number of piperidine rings is 1. The Kier molecular flexibility index (Phi) is 6.78. The van der Waals surface area contributed by atoms with Gasteiger partial charge in [0, 0.05) is 31.2 Å². The van der Waals surface area contributed by atoms with Crippen LogP contribution in [0.4, 0.5) is 5.69 Å². The lowest BCUT2D eigenvalue weighted by Crippen LogP contribution is -2.42. The van der Waals surface area contributed by atoms with Gasteiger partial charge in [0.25, 0.3) is 0 Å². The highest BCUT2D eigenvalue weighted by Gasteiger charge is 2.34. The van der Waals surface area contributed by atoms with Gasteiger partial charge in [0.2, 0.25) is 11.8 Å². The first-order chi connectivity index (χ1) is 13.5. The molecule has 1 aromatic rings. The van der Waals surface area contributed by atoms with Gasteiger partial charge in [0.15, 0.2) is 0 Å². The second kappa shape index (κ2) is 9.28. The summed E-state index contributed by atoms with van der Waals surface area (Å²) in [6.07, 6.45) is 3.30. The maximum absolute atomic E-state index is 12.8. The van der Waals surface area contributed by atoms with Gasteiger partial charge in [0.05, 0.1) is 19.9 Å². The Morgan fingerprint density at radius 2 is 1.82 bits per heavy atom. The van der Waals surface area contributed by atoms with E-state index in [-0.39, 0.29) is 11.8 Å². The van der Waals surface area contributed by atoms with E-state index in [9.17, 15) is 9.59 Å². The van der Waals surface area contributed by atoms with Crippen molar-refractivity contribution in [3.05, 3.63) is 18.2 Å². The van der Waals surface area contributed by atoms with Crippen molar-refractivity contribution in [3.8, 4) is 11.5 Å². The van der Waals surface area contributed by atoms with E-state index in [1.54, 1.807) is 25.2 Å². The fraction of sp³-hybridized carbons (Fsp3) is 0.619. The number of rotatable bonds is 7. The highest BCUT2D eigenvalue weighted by Crippen LogP contribution is 2.31. The fourth-order valence-electron chi connectivity index (χ4n) is 4.14. The summed E-state index contributed by atoms with van der Waals surface area (Å²) in [6.45, 7) is 4.75. The van der Waals surface area contributed by atoms with E-state index in [1.165, 1.54) is 0 Å². The number of hydrogen-bond acceptors (Lipinski definition) is 5. The molecule has 154 valence electrons. The molecule has 2 heterocycles. The van der Waals surface area contributed by atoms with Crippen molar-refractivity contribution < 1.29 is 19.1 Å². The Balaban J connectivity index is 1.58. The molecule has 0 aliphatic carbocycles. The van der Waals surface area contributed by atoms with Gasteiger partial charge in [-0.05, 0) is 44.2 Å². The Morgan fingerprint density at radius 1 is 1.18 bits per heavy atom. The van der Waals surface area contributed by atoms with Crippen molar-refractivity contribution in [1.29, 1.82) is 0 Å². The predicted molar refractivity (Wildman–Crippen MR) is 108 cm³/mol. The smallest absolute Gasteiger partial charge is 0.249 e. The third kappa shape index (κ3) is 4.76. The molecule has 0 saturated carbocycles. The van der Waals surface area contributed by atoms with Crippen LogP contribution in [0.1, 0.15) is 32.6 Å². The number of nitrogens with zero attached hydrogens (tertiary/aromatic N) is 1. The molecule has 2 N–H and O–H groups in total. The number of anilines is 1. The second-order valence-electron chi connectivity index (χ2n) is 7.74. The van der Waals surface area contributed by atoms with E-state index in [1.807, 2.05) is 12.1 Å². The van der Waals surface area contributed by atoms with Crippen LogP contribution in [-0.2, 0) is 9.59 Å². The van der Waals surface area contributed by atoms with Gasteiger partial charge in [-0.3, -0.25) is 9.59 Å². The van der Waals surface area contributed by atoms with Crippen LogP contribution in [0.15, 0.2) is 18.2 Å². The Bertz CT molecular complexity index is 681. The zero-order valence-corrected chi connectivity index (χ0v) is 17.0. The number of hydrogen-bond donors (Lipinski definition) is 2. The lowest BCUT2D eigenvalue weighted by atomic mass is 9.84. The van der Waals surface area contributed by atoms with Gasteiger partial charge in [-0.1, -0.05) is 6.92 Å². The van der Waals surface area contributed by atoms with E-state index < -0.39 is 6.04 Å². The molecule has 0 aromatic heterocycles. The zero-order chi connectivity index (χ0) is 20.1. The second-order valence-corrected chi connectivity index (χ2v) is 7.74. The minimum atomic E-state index is -0.468. The molecule has 7 heteroatoms. The van der Waals surface area contributed by atoms with Crippen LogP contribution < -0.4 is 25.0 Å².